The highest BCUT2D eigenvalue weighted by Gasteiger charge is 2.22. The van der Waals surface area contributed by atoms with Gasteiger partial charge in [-0.1, -0.05) is 32.6 Å². The molecule has 15 heavy (non-hydrogen) atoms. The maximum atomic E-state index is 11.4. The lowest BCUT2D eigenvalue weighted by molar-refractivity contribution is -0.126. The van der Waals surface area contributed by atoms with Crippen LogP contribution in [0.3, 0.4) is 0 Å². The van der Waals surface area contributed by atoms with Crippen molar-refractivity contribution >= 4 is 5.91 Å². The summed E-state index contributed by atoms with van der Waals surface area (Å²) in [6.07, 6.45) is 6.72. The first-order valence-corrected chi connectivity index (χ1v) is 6.24. The quantitative estimate of drug-likeness (QED) is 0.767. The number of amides is 1. The third-order valence-electron chi connectivity index (χ3n) is 3.87. The summed E-state index contributed by atoms with van der Waals surface area (Å²) in [6, 6.07) is 0. The third-order valence-corrected chi connectivity index (χ3v) is 3.87. The summed E-state index contributed by atoms with van der Waals surface area (Å²) in [4.78, 5) is 13.3. The number of carbonyl (C=O) groups is 1. The van der Waals surface area contributed by atoms with E-state index in [1.807, 2.05) is 4.90 Å². The normalized spacial score (nSPS) is 32.3. The van der Waals surface area contributed by atoms with Gasteiger partial charge in [0.25, 0.3) is 0 Å². The number of hydrogen-bond acceptors (Lipinski definition) is 2. The van der Waals surface area contributed by atoms with Crippen LogP contribution in [0.4, 0.5) is 0 Å². The summed E-state index contributed by atoms with van der Waals surface area (Å²) in [5.74, 6) is 2.07. The molecule has 1 saturated heterocycles. The van der Waals surface area contributed by atoms with Crippen molar-refractivity contribution in [3.05, 3.63) is 0 Å². The average molecular weight is 210 g/mol. The van der Waals surface area contributed by atoms with Gasteiger partial charge in [0, 0.05) is 6.54 Å². The molecule has 86 valence electrons. The van der Waals surface area contributed by atoms with Crippen LogP contribution < -0.4 is 5.32 Å². The van der Waals surface area contributed by atoms with Crippen molar-refractivity contribution in [1.29, 1.82) is 0 Å². The molecule has 1 aliphatic carbocycles. The molecule has 0 bridgehead atoms. The Balaban J connectivity index is 1.67. The molecule has 2 rings (SSSR count). The van der Waals surface area contributed by atoms with Crippen LogP contribution in [0.5, 0.6) is 0 Å². The lowest BCUT2D eigenvalue weighted by atomic mass is 9.81. The Labute approximate surface area is 92.2 Å². The van der Waals surface area contributed by atoms with Crippen LogP contribution in [0.25, 0.3) is 0 Å². The standard InChI is InChI=1S/C12H22N2O/c1-10-2-4-11(5-3-10)6-7-14-9-13-8-12(14)15/h10-11,13H,2-9H2,1H3. The van der Waals surface area contributed by atoms with Gasteiger partial charge >= 0.3 is 0 Å². The van der Waals surface area contributed by atoms with E-state index in [1.165, 1.54) is 32.1 Å². The zero-order valence-electron chi connectivity index (χ0n) is 9.67. The molecule has 0 aromatic heterocycles. The van der Waals surface area contributed by atoms with Crippen LogP contribution in [-0.2, 0) is 4.79 Å². The molecule has 1 N–H and O–H groups in total. The van der Waals surface area contributed by atoms with Gasteiger partial charge in [0.15, 0.2) is 0 Å². The Morgan fingerprint density at radius 2 is 2.07 bits per heavy atom. The van der Waals surface area contributed by atoms with Gasteiger partial charge in [-0.3, -0.25) is 10.1 Å². The Bertz CT molecular complexity index is 222. The first-order valence-electron chi connectivity index (χ1n) is 6.24. The van der Waals surface area contributed by atoms with E-state index < -0.39 is 0 Å². The predicted molar refractivity (Wildman–Crippen MR) is 60.3 cm³/mol. The zero-order valence-corrected chi connectivity index (χ0v) is 9.67. The van der Waals surface area contributed by atoms with Crippen LogP contribution in [-0.4, -0.2) is 30.6 Å². The lowest BCUT2D eigenvalue weighted by Gasteiger charge is -2.27. The third kappa shape index (κ3) is 2.94. The fourth-order valence-electron chi connectivity index (χ4n) is 2.66. The van der Waals surface area contributed by atoms with E-state index in [-0.39, 0.29) is 5.91 Å². The molecule has 0 unspecified atom stereocenters. The van der Waals surface area contributed by atoms with Gasteiger partial charge in [-0.2, -0.15) is 0 Å². The highest BCUT2D eigenvalue weighted by atomic mass is 16.2. The summed E-state index contributed by atoms with van der Waals surface area (Å²) in [6.45, 7) is 4.62. The number of nitrogens with zero attached hydrogens (tertiary/aromatic N) is 1. The van der Waals surface area contributed by atoms with Crippen molar-refractivity contribution < 1.29 is 4.79 Å². The van der Waals surface area contributed by atoms with Gasteiger partial charge in [-0.05, 0) is 18.3 Å². The summed E-state index contributed by atoms with van der Waals surface area (Å²) in [5.41, 5.74) is 0. The lowest BCUT2D eigenvalue weighted by Crippen LogP contribution is -2.29. The average Bonchev–Trinajstić information content (AvgIpc) is 2.63. The maximum absolute atomic E-state index is 11.4. The first kappa shape index (κ1) is 10.9. The molecule has 1 heterocycles. The van der Waals surface area contributed by atoms with Crippen LogP contribution in [0.1, 0.15) is 39.0 Å². The minimum absolute atomic E-state index is 0.277. The van der Waals surface area contributed by atoms with E-state index >= 15 is 0 Å². The number of rotatable bonds is 3. The second-order valence-corrected chi connectivity index (χ2v) is 5.16. The highest BCUT2D eigenvalue weighted by molar-refractivity contribution is 5.79. The molecular weight excluding hydrogens is 188 g/mol. The maximum Gasteiger partial charge on any atom is 0.237 e. The first-order chi connectivity index (χ1) is 7.25. The van der Waals surface area contributed by atoms with Gasteiger partial charge in [0.1, 0.15) is 0 Å². The summed E-state index contributed by atoms with van der Waals surface area (Å²) in [7, 11) is 0. The SMILES string of the molecule is CC1CCC(CCN2CNCC2=O)CC1. The minimum atomic E-state index is 0.277. The molecule has 3 heteroatoms. The van der Waals surface area contributed by atoms with Crippen LogP contribution in [0.2, 0.25) is 0 Å². The molecule has 0 aromatic carbocycles. The molecule has 0 spiro atoms. The van der Waals surface area contributed by atoms with Crippen molar-refractivity contribution in [3.8, 4) is 0 Å². The van der Waals surface area contributed by atoms with E-state index in [1.54, 1.807) is 0 Å². The largest absolute Gasteiger partial charge is 0.329 e. The number of hydrogen-bond donors (Lipinski definition) is 1. The molecular formula is C12H22N2O. The van der Waals surface area contributed by atoms with Gasteiger partial charge in [-0.15, -0.1) is 0 Å². The van der Waals surface area contributed by atoms with Crippen LogP contribution in [0, 0.1) is 11.8 Å². The van der Waals surface area contributed by atoms with Crippen LogP contribution >= 0.6 is 0 Å². The summed E-state index contributed by atoms with van der Waals surface area (Å²) < 4.78 is 0. The minimum Gasteiger partial charge on any atom is -0.329 e. The van der Waals surface area contributed by atoms with Gasteiger partial charge in [0.2, 0.25) is 5.91 Å². The van der Waals surface area contributed by atoms with E-state index in [2.05, 4.69) is 12.2 Å². The van der Waals surface area contributed by atoms with Gasteiger partial charge in [-0.25, -0.2) is 0 Å². The molecule has 0 aromatic rings. The molecule has 1 amide bonds. The fraction of sp³-hybridized carbons (Fsp3) is 0.917. The Morgan fingerprint density at radius 1 is 1.33 bits per heavy atom. The molecule has 0 atom stereocenters. The summed E-state index contributed by atoms with van der Waals surface area (Å²) in [5, 5.41) is 3.09. The second-order valence-electron chi connectivity index (χ2n) is 5.16. The van der Waals surface area contributed by atoms with E-state index in [9.17, 15) is 4.79 Å². The highest BCUT2D eigenvalue weighted by Crippen LogP contribution is 2.30. The Hall–Kier alpha value is -0.570. The monoisotopic (exact) mass is 210 g/mol. The van der Waals surface area contributed by atoms with Crippen molar-refractivity contribution in [1.82, 2.24) is 10.2 Å². The fourth-order valence-corrected chi connectivity index (χ4v) is 2.66. The smallest absolute Gasteiger partial charge is 0.237 e. The topological polar surface area (TPSA) is 32.3 Å². The van der Waals surface area contributed by atoms with Crippen molar-refractivity contribution in [3.63, 3.8) is 0 Å². The number of nitrogens with one attached hydrogen (secondary N) is 1. The molecule has 3 nitrogen and oxygen atoms in total. The molecule has 1 saturated carbocycles. The molecule has 2 aliphatic rings. The van der Waals surface area contributed by atoms with Gasteiger partial charge < -0.3 is 4.90 Å². The van der Waals surface area contributed by atoms with E-state index in [0.29, 0.717) is 6.54 Å². The zero-order chi connectivity index (χ0) is 10.7. The van der Waals surface area contributed by atoms with Gasteiger partial charge in [0.05, 0.1) is 13.2 Å². The Kier molecular flexibility index (Phi) is 3.62. The molecule has 0 radical (unpaired) electrons. The van der Waals surface area contributed by atoms with E-state index in [0.717, 1.165) is 25.0 Å². The number of carbonyl (C=O) groups excluding carboxylic acids is 1. The second kappa shape index (κ2) is 4.97. The van der Waals surface area contributed by atoms with Crippen molar-refractivity contribution in [2.45, 2.75) is 39.0 Å². The van der Waals surface area contributed by atoms with Crippen molar-refractivity contribution in [2.75, 3.05) is 19.8 Å². The molecule has 1 aliphatic heterocycles. The summed E-state index contributed by atoms with van der Waals surface area (Å²) >= 11 is 0. The van der Waals surface area contributed by atoms with E-state index in [4.69, 9.17) is 0 Å². The predicted octanol–water partition coefficient (Wildman–Crippen LogP) is 1.59. The van der Waals surface area contributed by atoms with Crippen molar-refractivity contribution in [2.24, 2.45) is 11.8 Å². The molecule has 2 fully saturated rings. The Morgan fingerprint density at radius 3 is 2.67 bits per heavy atom. The van der Waals surface area contributed by atoms with Crippen LogP contribution in [0.15, 0.2) is 0 Å².